The number of rotatable bonds is 5. The Balaban J connectivity index is 0.000000318. The Hall–Kier alpha value is -1.95. The molecule has 0 amide bonds. The minimum atomic E-state index is -0.614. The van der Waals surface area contributed by atoms with Gasteiger partial charge in [-0.25, -0.2) is 0 Å². The highest BCUT2D eigenvalue weighted by Crippen LogP contribution is 1.93. The maximum Gasteiger partial charge on any atom is 0.308 e. The fourth-order valence-corrected chi connectivity index (χ4v) is 0.781. The first-order chi connectivity index (χ1) is 8.10. The zero-order chi connectivity index (χ0) is 13.1. The number of ether oxygens (including phenoxy) is 1. The summed E-state index contributed by atoms with van der Waals surface area (Å²) in [4.78, 5) is 30.5. The van der Waals surface area contributed by atoms with Crippen molar-refractivity contribution in [1.29, 1.82) is 0 Å². The normalized spacial score (nSPS) is 8.82. The van der Waals surface area contributed by atoms with Gasteiger partial charge in [0.25, 0.3) is 0 Å². The molecule has 0 saturated heterocycles. The lowest BCUT2D eigenvalue weighted by Gasteiger charge is -1.97. The van der Waals surface area contributed by atoms with Crippen LogP contribution < -0.4 is 0 Å². The topological polar surface area (TPSA) is 93.8 Å². The molecule has 0 aromatic carbocycles. The Morgan fingerprint density at radius 1 is 1.47 bits per heavy atom. The van der Waals surface area contributed by atoms with Crippen molar-refractivity contribution in [2.24, 2.45) is 0 Å². The number of carbonyl (C=O) groups excluding carboxylic acids is 3. The summed E-state index contributed by atoms with van der Waals surface area (Å²) in [6, 6.07) is 3.27. The third-order valence-electron chi connectivity index (χ3n) is 1.57. The lowest BCUT2D eigenvalue weighted by Crippen LogP contribution is -2.06. The van der Waals surface area contributed by atoms with Gasteiger partial charge in [-0.15, -0.1) is 0 Å². The van der Waals surface area contributed by atoms with Crippen molar-refractivity contribution in [2.45, 2.75) is 19.8 Å². The van der Waals surface area contributed by atoms with E-state index in [0.29, 0.717) is 12.0 Å². The van der Waals surface area contributed by atoms with Crippen LogP contribution in [0.1, 0.15) is 30.3 Å². The molecule has 6 nitrogen and oxygen atoms in total. The fourth-order valence-electron chi connectivity index (χ4n) is 0.781. The minimum absolute atomic E-state index is 0.0515. The molecule has 17 heavy (non-hydrogen) atoms. The van der Waals surface area contributed by atoms with Gasteiger partial charge in [0.2, 0.25) is 0 Å². The van der Waals surface area contributed by atoms with Gasteiger partial charge in [0.15, 0.2) is 18.8 Å². The molecule has 0 aliphatic heterocycles. The van der Waals surface area contributed by atoms with E-state index in [0.717, 1.165) is 0 Å². The first-order valence-electron chi connectivity index (χ1n) is 4.84. The van der Waals surface area contributed by atoms with Crippen LogP contribution in [0.15, 0.2) is 22.8 Å². The number of furan rings is 1. The Kier molecular flexibility index (Phi) is 8.22. The molecule has 0 fully saturated rings. The second-order valence-electron chi connectivity index (χ2n) is 2.98. The Morgan fingerprint density at radius 3 is 2.53 bits per heavy atom. The lowest BCUT2D eigenvalue weighted by atomic mass is 10.2. The van der Waals surface area contributed by atoms with Crippen LogP contribution >= 0.6 is 0 Å². The molecule has 94 valence electrons. The van der Waals surface area contributed by atoms with E-state index < -0.39 is 12.8 Å². The summed E-state index contributed by atoms with van der Waals surface area (Å²) in [5.74, 6) is -0.229. The van der Waals surface area contributed by atoms with Crippen LogP contribution in [0.25, 0.3) is 0 Å². The number of esters is 1. The highest BCUT2D eigenvalue weighted by atomic mass is 16.6. The SMILES string of the molecule is CC(=O)CCC(=O)OCO.O=Cc1ccco1. The average molecular weight is 242 g/mol. The van der Waals surface area contributed by atoms with Crippen LogP contribution in [0.2, 0.25) is 0 Å². The van der Waals surface area contributed by atoms with Crippen LogP contribution in [0, 0.1) is 0 Å². The standard InChI is InChI=1S/C6H10O4.C5H4O2/c1-5(8)2-3-6(9)10-4-7;6-4-5-2-1-3-7-5/h7H,2-4H2,1H3;1-4H. The molecule has 0 aliphatic rings. The van der Waals surface area contributed by atoms with E-state index in [1.54, 1.807) is 12.1 Å². The van der Waals surface area contributed by atoms with Crippen LogP contribution in [0.5, 0.6) is 0 Å². The molecule has 0 bridgehead atoms. The van der Waals surface area contributed by atoms with Crippen molar-refractivity contribution in [3.63, 3.8) is 0 Å². The molecule has 0 atom stereocenters. The van der Waals surface area contributed by atoms with Crippen molar-refractivity contribution >= 4 is 18.0 Å². The van der Waals surface area contributed by atoms with Crippen LogP contribution in [-0.4, -0.2) is 29.9 Å². The lowest BCUT2D eigenvalue weighted by molar-refractivity contribution is -0.152. The van der Waals surface area contributed by atoms with Crippen molar-refractivity contribution in [2.75, 3.05) is 6.79 Å². The van der Waals surface area contributed by atoms with Gasteiger partial charge in [0.1, 0.15) is 5.78 Å². The van der Waals surface area contributed by atoms with Gasteiger partial charge in [-0.2, -0.15) is 0 Å². The highest BCUT2D eigenvalue weighted by Gasteiger charge is 2.02. The first kappa shape index (κ1) is 15.0. The monoisotopic (exact) mass is 242 g/mol. The third-order valence-corrected chi connectivity index (χ3v) is 1.57. The summed E-state index contributed by atoms with van der Waals surface area (Å²) in [6.45, 7) is 0.781. The number of hydrogen-bond acceptors (Lipinski definition) is 6. The molecule has 0 aliphatic carbocycles. The summed E-state index contributed by atoms with van der Waals surface area (Å²) in [7, 11) is 0. The van der Waals surface area contributed by atoms with Gasteiger partial charge in [-0.05, 0) is 19.1 Å². The van der Waals surface area contributed by atoms with Gasteiger partial charge in [-0.3, -0.25) is 9.59 Å². The van der Waals surface area contributed by atoms with E-state index in [2.05, 4.69) is 9.15 Å². The second kappa shape index (κ2) is 9.29. The van der Waals surface area contributed by atoms with E-state index >= 15 is 0 Å². The quantitative estimate of drug-likeness (QED) is 0.469. The zero-order valence-electron chi connectivity index (χ0n) is 9.42. The van der Waals surface area contributed by atoms with Gasteiger partial charge in [0, 0.05) is 6.42 Å². The van der Waals surface area contributed by atoms with Gasteiger partial charge in [0.05, 0.1) is 12.7 Å². The number of carbonyl (C=O) groups is 3. The Morgan fingerprint density at radius 2 is 2.18 bits per heavy atom. The molecule has 1 rings (SSSR count). The summed E-state index contributed by atoms with van der Waals surface area (Å²) in [5, 5.41) is 8.07. The molecule has 0 radical (unpaired) electrons. The third kappa shape index (κ3) is 9.01. The summed E-state index contributed by atoms with van der Waals surface area (Å²) < 4.78 is 8.77. The molecule has 0 unspecified atom stereocenters. The average Bonchev–Trinajstić information content (AvgIpc) is 2.80. The number of Topliss-reactive ketones (excluding diaryl/α,β-unsaturated/α-hetero) is 1. The molecule has 6 heteroatoms. The van der Waals surface area contributed by atoms with E-state index in [-0.39, 0.29) is 18.6 Å². The van der Waals surface area contributed by atoms with Crippen molar-refractivity contribution in [1.82, 2.24) is 0 Å². The molecule has 0 spiro atoms. The van der Waals surface area contributed by atoms with Crippen LogP contribution in [0.4, 0.5) is 0 Å². The van der Waals surface area contributed by atoms with Crippen LogP contribution in [-0.2, 0) is 14.3 Å². The van der Waals surface area contributed by atoms with E-state index in [4.69, 9.17) is 5.11 Å². The highest BCUT2D eigenvalue weighted by molar-refractivity contribution is 5.80. The summed E-state index contributed by atoms with van der Waals surface area (Å²) in [6.07, 6.45) is 2.36. The largest absolute Gasteiger partial charge is 0.462 e. The van der Waals surface area contributed by atoms with E-state index in [1.807, 2.05) is 0 Å². The van der Waals surface area contributed by atoms with E-state index in [9.17, 15) is 14.4 Å². The number of ketones is 1. The molecule has 0 saturated carbocycles. The maximum absolute atomic E-state index is 10.4. The zero-order valence-corrected chi connectivity index (χ0v) is 9.42. The number of aliphatic hydroxyl groups excluding tert-OH is 1. The minimum Gasteiger partial charge on any atom is -0.462 e. The second-order valence-corrected chi connectivity index (χ2v) is 2.98. The summed E-state index contributed by atoms with van der Waals surface area (Å²) >= 11 is 0. The molecule has 1 aromatic heterocycles. The van der Waals surface area contributed by atoms with Crippen LogP contribution in [0.3, 0.4) is 0 Å². The predicted octanol–water partition coefficient (Wildman–Crippen LogP) is 0.941. The Labute approximate surface area is 98.2 Å². The van der Waals surface area contributed by atoms with Gasteiger partial charge < -0.3 is 19.1 Å². The number of aliphatic hydroxyl groups is 1. The Bertz CT molecular complexity index is 341. The molecular formula is C11H14O6. The smallest absolute Gasteiger partial charge is 0.308 e. The fraction of sp³-hybridized carbons (Fsp3) is 0.364. The predicted molar refractivity (Wildman–Crippen MR) is 57.2 cm³/mol. The van der Waals surface area contributed by atoms with E-state index in [1.165, 1.54) is 13.2 Å². The first-order valence-corrected chi connectivity index (χ1v) is 4.84. The molecule has 1 aromatic rings. The van der Waals surface area contributed by atoms with Crippen molar-refractivity contribution < 1.29 is 28.6 Å². The molecule has 1 N–H and O–H groups in total. The van der Waals surface area contributed by atoms with Crippen molar-refractivity contribution in [3.8, 4) is 0 Å². The van der Waals surface area contributed by atoms with Gasteiger partial charge >= 0.3 is 5.97 Å². The van der Waals surface area contributed by atoms with Crippen molar-refractivity contribution in [3.05, 3.63) is 24.2 Å². The molecule has 1 heterocycles. The number of hydrogen-bond donors (Lipinski definition) is 1. The molecular weight excluding hydrogens is 228 g/mol. The number of aldehydes is 1. The van der Waals surface area contributed by atoms with Gasteiger partial charge in [-0.1, -0.05) is 0 Å². The maximum atomic E-state index is 10.4. The summed E-state index contributed by atoms with van der Waals surface area (Å²) in [5.41, 5.74) is 0.